The summed E-state index contributed by atoms with van der Waals surface area (Å²) < 4.78 is 0. The zero-order chi connectivity index (χ0) is 19.8. The van der Waals surface area contributed by atoms with Gasteiger partial charge in [0.15, 0.2) is 0 Å². The van der Waals surface area contributed by atoms with Crippen LogP contribution in [0.5, 0.6) is 0 Å². The van der Waals surface area contributed by atoms with Crippen LogP contribution in [0, 0.1) is 0 Å². The maximum absolute atomic E-state index is 12.5. The molecule has 1 unspecified atom stereocenters. The Morgan fingerprint density at radius 1 is 1.21 bits per heavy atom. The second-order valence-electron chi connectivity index (χ2n) is 8.10. The van der Waals surface area contributed by atoms with Gasteiger partial charge < -0.3 is 16.0 Å². The number of hydrogen-bond donors (Lipinski definition) is 3. The molecule has 1 aromatic carbocycles. The molecule has 1 aromatic rings. The summed E-state index contributed by atoms with van der Waals surface area (Å²) in [6.07, 6.45) is 13.2. The first-order valence-corrected chi connectivity index (χ1v) is 10.8. The molecule has 5 heteroatoms. The topological polar surface area (TPSA) is 70.2 Å². The zero-order valence-corrected chi connectivity index (χ0v) is 16.9. The second-order valence-corrected chi connectivity index (χ2v) is 8.10. The Hall–Kier alpha value is -2.30. The van der Waals surface area contributed by atoms with E-state index < -0.39 is 0 Å². The predicted octanol–water partition coefficient (Wildman–Crippen LogP) is 3.95. The Balaban J connectivity index is 1.38. The van der Waals surface area contributed by atoms with Crippen molar-refractivity contribution in [3.8, 4) is 0 Å². The largest absolute Gasteiger partial charge is 0.385 e. The summed E-state index contributed by atoms with van der Waals surface area (Å²) >= 11 is 0. The van der Waals surface area contributed by atoms with Crippen LogP contribution in [0.3, 0.4) is 0 Å². The van der Waals surface area contributed by atoms with Crippen molar-refractivity contribution in [1.29, 1.82) is 0 Å². The maximum Gasteiger partial charge on any atom is 0.251 e. The number of nitrogens with one attached hydrogen (secondary N) is 3. The fourth-order valence-electron chi connectivity index (χ4n) is 4.01. The molecule has 0 bridgehead atoms. The third-order valence-electron chi connectivity index (χ3n) is 5.68. The number of fused-ring (bicyclic) bond motifs is 1. The summed E-state index contributed by atoms with van der Waals surface area (Å²) in [5, 5.41) is 9.51. The minimum Gasteiger partial charge on any atom is -0.385 e. The van der Waals surface area contributed by atoms with E-state index in [1.807, 2.05) is 25.1 Å². The Morgan fingerprint density at radius 3 is 2.86 bits per heavy atom. The van der Waals surface area contributed by atoms with Gasteiger partial charge in [0.05, 0.1) is 0 Å². The van der Waals surface area contributed by atoms with E-state index in [-0.39, 0.29) is 17.9 Å². The highest BCUT2D eigenvalue weighted by molar-refractivity contribution is 5.95. The van der Waals surface area contributed by atoms with Crippen molar-refractivity contribution in [1.82, 2.24) is 10.6 Å². The standard InChI is InChI=1S/C23H33N3O2/c1-17(8-5-6-12-22(27)26-20-10-3-2-4-11-20)25-23(28)19-14-13-18-9-7-15-24-21(18)16-19/h6,12-14,16-17,20,24H,2-5,7-11,15H2,1H3,(H,25,28)(H,26,27)/b12-6+. The van der Waals surface area contributed by atoms with Crippen molar-refractivity contribution in [2.45, 2.75) is 76.8 Å². The van der Waals surface area contributed by atoms with Gasteiger partial charge in [-0.1, -0.05) is 31.4 Å². The van der Waals surface area contributed by atoms with Crippen LogP contribution in [-0.4, -0.2) is 30.4 Å². The molecule has 152 valence electrons. The lowest BCUT2D eigenvalue weighted by Crippen LogP contribution is -2.35. The summed E-state index contributed by atoms with van der Waals surface area (Å²) in [7, 11) is 0. The minimum absolute atomic E-state index is 0.00477. The van der Waals surface area contributed by atoms with Gasteiger partial charge in [0.2, 0.25) is 5.91 Å². The molecule has 1 heterocycles. The number of rotatable bonds is 7. The average molecular weight is 384 g/mol. The van der Waals surface area contributed by atoms with Crippen molar-refractivity contribution in [2.75, 3.05) is 11.9 Å². The summed E-state index contributed by atoms with van der Waals surface area (Å²) in [5.74, 6) is -0.0353. The molecular formula is C23H33N3O2. The van der Waals surface area contributed by atoms with Crippen LogP contribution in [0.1, 0.15) is 74.2 Å². The van der Waals surface area contributed by atoms with Crippen LogP contribution < -0.4 is 16.0 Å². The second kappa shape index (κ2) is 10.3. The lowest BCUT2D eigenvalue weighted by Gasteiger charge is -2.21. The molecule has 1 aliphatic carbocycles. The van der Waals surface area contributed by atoms with Crippen LogP contribution in [-0.2, 0) is 11.2 Å². The van der Waals surface area contributed by atoms with Gasteiger partial charge in [0, 0.05) is 29.9 Å². The SMILES string of the molecule is CC(CC/C=C/C(=O)NC1CCCCC1)NC(=O)c1ccc2c(c1)NCCC2. The summed E-state index contributed by atoms with van der Waals surface area (Å²) in [6.45, 7) is 2.97. The smallest absolute Gasteiger partial charge is 0.251 e. The number of carbonyl (C=O) groups is 2. The van der Waals surface area contributed by atoms with Crippen LogP contribution in [0.25, 0.3) is 0 Å². The third-order valence-corrected chi connectivity index (χ3v) is 5.68. The lowest BCUT2D eigenvalue weighted by atomic mass is 9.95. The minimum atomic E-state index is -0.0401. The number of amides is 2. The van der Waals surface area contributed by atoms with Gasteiger partial charge >= 0.3 is 0 Å². The Bertz CT molecular complexity index is 708. The zero-order valence-electron chi connectivity index (χ0n) is 16.9. The van der Waals surface area contributed by atoms with Crippen molar-refractivity contribution >= 4 is 17.5 Å². The van der Waals surface area contributed by atoms with E-state index in [1.165, 1.54) is 24.8 Å². The highest BCUT2D eigenvalue weighted by atomic mass is 16.2. The molecule has 5 nitrogen and oxygen atoms in total. The lowest BCUT2D eigenvalue weighted by molar-refractivity contribution is -0.117. The van der Waals surface area contributed by atoms with Gasteiger partial charge in [-0.25, -0.2) is 0 Å². The molecule has 0 saturated heterocycles. The van der Waals surface area contributed by atoms with Crippen molar-refractivity contribution in [3.05, 3.63) is 41.5 Å². The van der Waals surface area contributed by atoms with Gasteiger partial charge in [-0.3, -0.25) is 9.59 Å². The highest BCUT2D eigenvalue weighted by Gasteiger charge is 2.15. The van der Waals surface area contributed by atoms with Gasteiger partial charge in [0.1, 0.15) is 0 Å². The molecule has 0 radical (unpaired) electrons. The van der Waals surface area contributed by atoms with E-state index in [4.69, 9.17) is 0 Å². The van der Waals surface area contributed by atoms with Gasteiger partial charge in [0.25, 0.3) is 5.91 Å². The van der Waals surface area contributed by atoms with Crippen LogP contribution >= 0.6 is 0 Å². The number of anilines is 1. The highest BCUT2D eigenvalue weighted by Crippen LogP contribution is 2.23. The van der Waals surface area contributed by atoms with E-state index in [0.29, 0.717) is 11.6 Å². The van der Waals surface area contributed by atoms with Crippen molar-refractivity contribution in [2.24, 2.45) is 0 Å². The van der Waals surface area contributed by atoms with E-state index in [0.717, 1.165) is 50.8 Å². The Labute approximate surface area is 168 Å². The molecule has 0 spiro atoms. The summed E-state index contributed by atoms with van der Waals surface area (Å²) in [5.41, 5.74) is 3.06. The molecule has 3 rings (SSSR count). The maximum atomic E-state index is 12.5. The van der Waals surface area contributed by atoms with Crippen molar-refractivity contribution in [3.63, 3.8) is 0 Å². The Morgan fingerprint density at radius 2 is 2.04 bits per heavy atom. The van der Waals surface area contributed by atoms with Crippen molar-refractivity contribution < 1.29 is 9.59 Å². The summed E-state index contributed by atoms with van der Waals surface area (Å²) in [4.78, 5) is 24.4. The first kappa shape index (κ1) is 20.4. The quantitative estimate of drug-likeness (QED) is 0.625. The number of carbonyl (C=O) groups excluding carboxylic acids is 2. The number of aryl methyl sites for hydroxylation is 1. The molecule has 3 N–H and O–H groups in total. The molecule has 1 saturated carbocycles. The normalized spacial score (nSPS) is 18.2. The first-order valence-electron chi connectivity index (χ1n) is 10.8. The molecule has 2 amide bonds. The van der Waals surface area contributed by atoms with Gasteiger partial charge in [-0.15, -0.1) is 0 Å². The average Bonchev–Trinajstić information content (AvgIpc) is 2.71. The molecular weight excluding hydrogens is 350 g/mol. The number of benzene rings is 1. The van der Waals surface area contributed by atoms with E-state index >= 15 is 0 Å². The summed E-state index contributed by atoms with van der Waals surface area (Å²) in [6, 6.07) is 6.31. The molecule has 28 heavy (non-hydrogen) atoms. The van der Waals surface area contributed by atoms with Crippen LogP contribution in [0.2, 0.25) is 0 Å². The number of hydrogen-bond acceptors (Lipinski definition) is 3. The molecule has 1 fully saturated rings. The van der Waals surface area contributed by atoms with E-state index in [2.05, 4.69) is 22.0 Å². The number of allylic oxidation sites excluding steroid dienone is 1. The monoisotopic (exact) mass is 383 g/mol. The van der Waals surface area contributed by atoms with Gasteiger partial charge in [-0.2, -0.15) is 0 Å². The first-order chi connectivity index (χ1) is 13.6. The molecule has 0 aromatic heterocycles. The predicted molar refractivity (Wildman–Crippen MR) is 114 cm³/mol. The fourth-order valence-corrected chi connectivity index (χ4v) is 4.01. The van der Waals surface area contributed by atoms with Crippen LogP contribution in [0.4, 0.5) is 5.69 Å². The third kappa shape index (κ3) is 6.11. The molecule has 1 aliphatic heterocycles. The van der Waals surface area contributed by atoms with E-state index in [9.17, 15) is 9.59 Å². The fraction of sp³-hybridized carbons (Fsp3) is 0.565. The Kier molecular flexibility index (Phi) is 7.52. The molecule has 2 aliphatic rings. The van der Waals surface area contributed by atoms with E-state index in [1.54, 1.807) is 6.08 Å². The van der Waals surface area contributed by atoms with Crippen LogP contribution in [0.15, 0.2) is 30.4 Å². The van der Waals surface area contributed by atoms with Gasteiger partial charge in [-0.05, 0) is 69.2 Å². The molecule has 1 atom stereocenters.